The Morgan fingerprint density at radius 3 is 2.71 bits per heavy atom. The highest BCUT2D eigenvalue weighted by Gasteiger charge is 2.09. The predicted molar refractivity (Wildman–Crippen MR) is 74.7 cm³/mol. The van der Waals surface area contributed by atoms with Gasteiger partial charge in [-0.05, 0) is 30.5 Å². The topological polar surface area (TPSA) is 12.5 Å². The minimum atomic E-state index is 0.902. The highest BCUT2D eigenvalue weighted by Crippen LogP contribution is 2.11. The lowest BCUT2D eigenvalue weighted by Crippen LogP contribution is -2.36. The van der Waals surface area contributed by atoms with E-state index in [0.717, 1.165) is 31.6 Å². The minimum Gasteiger partial charge on any atom is -0.379 e. The first-order valence-corrected chi connectivity index (χ1v) is 7.44. The number of aryl methyl sites for hydroxylation is 1. The van der Waals surface area contributed by atoms with Gasteiger partial charge in [-0.25, -0.2) is 0 Å². The Balaban J connectivity index is 1.73. The van der Waals surface area contributed by atoms with Gasteiger partial charge in [0.25, 0.3) is 0 Å². The maximum absolute atomic E-state index is 5.35. The van der Waals surface area contributed by atoms with E-state index in [0.29, 0.717) is 0 Å². The first-order chi connectivity index (χ1) is 8.38. The third-order valence-electron chi connectivity index (χ3n) is 3.19. The van der Waals surface area contributed by atoms with E-state index >= 15 is 0 Å². The summed E-state index contributed by atoms with van der Waals surface area (Å²) in [4.78, 5) is 2.50. The van der Waals surface area contributed by atoms with Crippen LogP contribution in [0.2, 0.25) is 0 Å². The SMILES string of the molecule is BrCc1cccc(CCCN2CCOCC2)c1. The molecule has 1 aliphatic heterocycles. The molecule has 1 aliphatic rings. The summed E-state index contributed by atoms with van der Waals surface area (Å²) >= 11 is 3.50. The number of morpholine rings is 1. The van der Waals surface area contributed by atoms with E-state index in [2.05, 4.69) is 45.1 Å². The summed E-state index contributed by atoms with van der Waals surface area (Å²) in [6.07, 6.45) is 2.42. The van der Waals surface area contributed by atoms with Crippen molar-refractivity contribution in [1.82, 2.24) is 4.90 Å². The van der Waals surface area contributed by atoms with Crippen LogP contribution < -0.4 is 0 Å². The zero-order chi connectivity index (χ0) is 11.9. The number of hydrogen-bond donors (Lipinski definition) is 0. The average molecular weight is 298 g/mol. The molecule has 0 spiro atoms. The highest BCUT2D eigenvalue weighted by atomic mass is 79.9. The van der Waals surface area contributed by atoms with Crippen LogP contribution in [0.3, 0.4) is 0 Å². The zero-order valence-corrected chi connectivity index (χ0v) is 11.8. The Kier molecular flexibility index (Phi) is 5.49. The van der Waals surface area contributed by atoms with Crippen LogP contribution in [0.15, 0.2) is 24.3 Å². The predicted octanol–water partition coefficient (Wildman–Crippen LogP) is 2.85. The quantitative estimate of drug-likeness (QED) is 0.775. The largest absolute Gasteiger partial charge is 0.379 e. The van der Waals surface area contributed by atoms with Gasteiger partial charge in [0, 0.05) is 18.4 Å². The van der Waals surface area contributed by atoms with Crippen LogP contribution in [0.25, 0.3) is 0 Å². The second-order valence-electron chi connectivity index (χ2n) is 4.51. The molecule has 0 N–H and O–H groups in total. The normalized spacial score (nSPS) is 17.2. The maximum atomic E-state index is 5.35. The average Bonchev–Trinajstić information content (AvgIpc) is 2.40. The van der Waals surface area contributed by atoms with Crippen molar-refractivity contribution in [2.75, 3.05) is 32.8 Å². The molecule has 2 nitrogen and oxygen atoms in total. The molecule has 0 bridgehead atoms. The third kappa shape index (κ3) is 4.41. The fourth-order valence-corrected chi connectivity index (χ4v) is 2.55. The van der Waals surface area contributed by atoms with Gasteiger partial charge in [-0.3, -0.25) is 4.90 Å². The van der Waals surface area contributed by atoms with E-state index in [-0.39, 0.29) is 0 Å². The third-order valence-corrected chi connectivity index (χ3v) is 3.84. The lowest BCUT2D eigenvalue weighted by Gasteiger charge is -2.26. The van der Waals surface area contributed by atoms with Gasteiger partial charge in [0.1, 0.15) is 0 Å². The molecule has 0 aromatic heterocycles. The van der Waals surface area contributed by atoms with Crippen molar-refractivity contribution < 1.29 is 4.74 Å². The van der Waals surface area contributed by atoms with Crippen molar-refractivity contribution in [3.8, 4) is 0 Å². The van der Waals surface area contributed by atoms with Crippen molar-refractivity contribution in [3.63, 3.8) is 0 Å². The second-order valence-corrected chi connectivity index (χ2v) is 5.07. The van der Waals surface area contributed by atoms with Crippen LogP contribution in [-0.2, 0) is 16.5 Å². The monoisotopic (exact) mass is 297 g/mol. The summed E-state index contributed by atoms with van der Waals surface area (Å²) < 4.78 is 5.35. The van der Waals surface area contributed by atoms with Crippen molar-refractivity contribution in [1.29, 1.82) is 0 Å². The molecule has 1 aromatic rings. The first kappa shape index (κ1) is 13.1. The van der Waals surface area contributed by atoms with Crippen LogP contribution in [0.4, 0.5) is 0 Å². The molecule has 17 heavy (non-hydrogen) atoms. The molecule has 1 fully saturated rings. The van der Waals surface area contributed by atoms with Gasteiger partial charge < -0.3 is 4.74 Å². The summed E-state index contributed by atoms with van der Waals surface area (Å²) in [6.45, 7) is 5.20. The minimum absolute atomic E-state index is 0.902. The van der Waals surface area contributed by atoms with E-state index < -0.39 is 0 Å². The molecule has 0 saturated carbocycles. The Labute approximate surface area is 112 Å². The number of halogens is 1. The van der Waals surface area contributed by atoms with Crippen LogP contribution >= 0.6 is 15.9 Å². The smallest absolute Gasteiger partial charge is 0.0594 e. The maximum Gasteiger partial charge on any atom is 0.0594 e. The van der Waals surface area contributed by atoms with Crippen LogP contribution in [-0.4, -0.2) is 37.7 Å². The van der Waals surface area contributed by atoms with Gasteiger partial charge in [0.2, 0.25) is 0 Å². The van der Waals surface area contributed by atoms with E-state index in [9.17, 15) is 0 Å². The number of benzene rings is 1. The molecule has 94 valence electrons. The van der Waals surface area contributed by atoms with Gasteiger partial charge in [-0.1, -0.05) is 40.2 Å². The van der Waals surface area contributed by atoms with Crippen LogP contribution in [0.5, 0.6) is 0 Å². The Bertz CT molecular complexity index is 337. The van der Waals surface area contributed by atoms with Gasteiger partial charge in [-0.2, -0.15) is 0 Å². The number of nitrogens with zero attached hydrogens (tertiary/aromatic N) is 1. The van der Waals surface area contributed by atoms with Crippen molar-refractivity contribution >= 4 is 15.9 Å². The van der Waals surface area contributed by atoms with Crippen molar-refractivity contribution in [2.45, 2.75) is 18.2 Å². The molecule has 0 aliphatic carbocycles. The lowest BCUT2D eigenvalue weighted by atomic mass is 10.1. The van der Waals surface area contributed by atoms with Gasteiger partial charge >= 0.3 is 0 Å². The molecule has 1 saturated heterocycles. The fraction of sp³-hybridized carbons (Fsp3) is 0.571. The van der Waals surface area contributed by atoms with Crippen LogP contribution in [0.1, 0.15) is 17.5 Å². The first-order valence-electron chi connectivity index (χ1n) is 6.32. The molecule has 1 aromatic carbocycles. The lowest BCUT2D eigenvalue weighted by molar-refractivity contribution is 0.0375. The number of hydrogen-bond acceptors (Lipinski definition) is 2. The zero-order valence-electron chi connectivity index (χ0n) is 10.2. The summed E-state index contributed by atoms with van der Waals surface area (Å²) in [7, 11) is 0. The summed E-state index contributed by atoms with van der Waals surface area (Å²) in [5.74, 6) is 0. The Hall–Kier alpha value is -0.380. The Morgan fingerprint density at radius 1 is 1.18 bits per heavy atom. The molecule has 0 radical (unpaired) electrons. The number of alkyl halides is 1. The molecule has 0 atom stereocenters. The number of rotatable bonds is 5. The molecular formula is C14H20BrNO. The van der Waals surface area contributed by atoms with Gasteiger partial charge in [0.05, 0.1) is 13.2 Å². The number of ether oxygens (including phenoxy) is 1. The molecule has 1 heterocycles. The van der Waals surface area contributed by atoms with Gasteiger partial charge in [-0.15, -0.1) is 0 Å². The van der Waals surface area contributed by atoms with Crippen LogP contribution in [0, 0.1) is 0 Å². The van der Waals surface area contributed by atoms with Gasteiger partial charge in [0.15, 0.2) is 0 Å². The Morgan fingerprint density at radius 2 is 1.94 bits per heavy atom. The standard InChI is InChI=1S/C14H20BrNO/c15-12-14-4-1-3-13(11-14)5-2-6-16-7-9-17-10-8-16/h1,3-4,11H,2,5-10,12H2. The molecule has 0 unspecified atom stereocenters. The van der Waals surface area contributed by atoms with Crippen molar-refractivity contribution in [2.24, 2.45) is 0 Å². The molecule has 2 rings (SSSR count). The second kappa shape index (κ2) is 7.14. The highest BCUT2D eigenvalue weighted by molar-refractivity contribution is 9.08. The van der Waals surface area contributed by atoms with Crippen molar-refractivity contribution in [3.05, 3.63) is 35.4 Å². The molecular weight excluding hydrogens is 278 g/mol. The van der Waals surface area contributed by atoms with E-state index in [4.69, 9.17) is 4.74 Å². The molecule has 0 amide bonds. The molecule has 3 heteroatoms. The summed E-state index contributed by atoms with van der Waals surface area (Å²) in [6, 6.07) is 8.85. The van der Waals surface area contributed by atoms with E-state index in [1.807, 2.05) is 0 Å². The van der Waals surface area contributed by atoms with E-state index in [1.165, 1.54) is 30.5 Å². The van der Waals surface area contributed by atoms with E-state index in [1.54, 1.807) is 0 Å². The fourth-order valence-electron chi connectivity index (χ4n) is 2.20. The summed E-state index contributed by atoms with van der Waals surface area (Å²) in [5, 5.41) is 0.949. The summed E-state index contributed by atoms with van der Waals surface area (Å²) in [5.41, 5.74) is 2.82.